The largest absolute Gasteiger partial charge is 0.353 e. The molecule has 1 amide bonds. The minimum absolute atomic E-state index is 0.00299. The molecular weight excluding hydrogens is 420 g/mol. The number of nitrogens with zero attached hydrogens (tertiary/aromatic N) is 3. The molecular formula is C21H32N4O3S2. The maximum Gasteiger partial charge on any atom is 0.243 e. The Morgan fingerprint density at radius 2 is 1.87 bits per heavy atom. The molecule has 0 atom stereocenters. The monoisotopic (exact) mass is 452 g/mol. The summed E-state index contributed by atoms with van der Waals surface area (Å²) in [5, 5.41) is 3.78. The minimum atomic E-state index is -3.50. The van der Waals surface area contributed by atoms with E-state index in [0.29, 0.717) is 35.8 Å². The molecule has 7 nitrogen and oxygen atoms in total. The normalized spacial score (nSPS) is 15.7. The highest BCUT2D eigenvalue weighted by molar-refractivity contribution is 7.99. The van der Waals surface area contributed by atoms with Crippen molar-refractivity contribution in [3.05, 3.63) is 18.2 Å². The van der Waals surface area contributed by atoms with Crippen LogP contribution < -0.4 is 5.32 Å². The number of aryl methyl sites for hydroxylation is 1. The number of imidazole rings is 1. The van der Waals surface area contributed by atoms with Crippen LogP contribution in [0.1, 0.15) is 52.9 Å². The third-order valence-corrected chi connectivity index (χ3v) is 8.51. The summed E-state index contributed by atoms with van der Waals surface area (Å²) in [5.74, 6) is 0.287. The second-order valence-electron chi connectivity index (χ2n) is 7.62. The van der Waals surface area contributed by atoms with Crippen molar-refractivity contribution in [2.24, 2.45) is 0 Å². The van der Waals surface area contributed by atoms with Gasteiger partial charge < -0.3 is 9.88 Å². The van der Waals surface area contributed by atoms with Gasteiger partial charge in [0.2, 0.25) is 15.9 Å². The molecule has 2 heterocycles. The summed E-state index contributed by atoms with van der Waals surface area (Å²) in [6.45, 7) is 8.01. The van der Waals surface area contributed by atoms with E-state index in [9.17, 15) is 13.2 Å². The first-order chi connectivity index (χ1) is 14.4. The van der Waals surface area contributed by atoms with Crippen LogP contribution in [0.2, 0.25) is 0 Å². The number of hydrogen-bond donors (Lipinski definition) is 1. The number of amides is 1. The molecule has 3 rings (SSSR count). The number of thioether (sulfide) groups is 1. The highest BCUT2D eigenvalue weighted by atomic mass is 32.2. The Kier molecular flexibility index (Phi) is 7.81. The number of sulfonamides is 1. The van der Waals surface area contributed by atoms with Gasteiger partial charge in [-0.15, -0.1) is 0 Å². The van der Waals surface area contributed by atoms with E-state index >= 15 is 0 Å². The molecule has 1 fully saturated rings. The first-order valence-corrected chi connectivity index (χ1v) is 13.3. The van der Waals surface area contributed by atoms with E-state index in [1.807, 2.05) is 17.6 Å². The number of aromatic nitrogens is 2. The molecule has 2 aromatic rings. The van der Waals surface area contributed by atoms with Crippen LogP contribution in [0, 0.1) is 0 Å². The van der Waals surface area contributed by atoms with E-state index in [2.05, 4.69) is 24.1 Å². The Morgan fingerprint density at radius 3 is 2.50 bits per heavy atom. The smallest absolute Gasteiger partial charge is 0.243 e. The van der Waals surface area contributed by atoms with Gasteiger partial charge in [0.1, 0.15) is 0 Å². The van der Waals surface area contributed by atoms with Crippen LogP contribution in [0.3, 0.4) is 0 Å². The molecule has 9 heteroatoms. The zero-order valence-electron chi connectivity index (χ0n) is 18.1. The number of carbonyl (C=O) groups is 1. The van der Waals surface area contributed by atoms with E-state index < -0.39 is 10.0 Å². The molecule has 30 heavy (non-hydrogen) atoms. The Hall–Kier alpha value is -1.58. The van der Waals surface area contributed by atoms with Crippen molar-refractivity contribution in [2.75, 3.05) is 18.8 Å². The fourth-order valence-electron chi connectivity index (χ4n) is 3.81. The van der Waals surface area contributed by atoms with Crippen LogP contribution >= 0.6 is 11.8 Å². The number of nitrogens with one attached hydrogen (secondary N) is 1. The van der Waals surface area contributed by atoms with Crippen molar-refractivity contribution in [3.63, 3.8) is 0 Å². The Bertz CT molecular complexity index is 978. The maximum absolute atomic E-state index is 13.0. The van der Waals surface area contributed by atoms with Crippen molar-refractivity contribution in [1.29, 1.82) is 0 Å². The second kappa shape index (κ2) is 10.2. The van der Waals surface area contributed by atoms with Crippen molar-refractivity contribution >= 4 is 38.7 Å². The molecule has 1 N–H and O–H groups in total. The lowest BCUT2D eigenvalue weighted by Crippen LogP contribution is -2.35. The van der Waals surface area contributed by atoms with Gasteiger partial charge in [0.05, 0.1) is 21.7 Å². The lowest BCUT2D eigenvalue weighted by Gasteiger charge is -2.25. The SMILES string of the molecule is CCC(CC)NC(=O)CSc1nc2cc(S(=O)(=O)N3CCCCC3)ccc2n1CC. The van der Waals surface area contributed by atoms with Crippen molar-refractivity contribution < 1.29 is 13.2 Å². The van der Waals surface area contributed by atoms with Crippen LogP contribution in [0.25, 0.3) is 11.0 Å². The Balaban J connectivity index is 1.81. The van der Waals surface area contributed by atoms with Crippen LogP contribution in [0.5, 0.6) is 0 Å². The zero-order valence-corrected chi connectivity index (χ0v) is 19.7. The summed E-state index contributed by atoms with van der Waals surface area (Å²) >= 11 is 1.39. The van der Waals surface area contributed by atoms with E-state index in [-0.39, 0.29) is 11.9 Å². The van der Waals surface area contributed by atoms with Crippen LogP contribution in [-0.4, -0.2) is 53.1 Å². The molecule has 0 bridgehead atoms. The quantitative estimate of drug-likeness (QED) is 0.588. The average Bonchev–Trinajstić information content (AvgIpc) is 3.13. The summed E-state index contributed by atoms with van der Waals surface area (Å²) in [6, 6.07) is 5.37. The first kappa shape index (κ1) is 23.1. The number of piperidine rings is 1. The van der Waals surface area contributed by atoms with Gasteiger partial charge in [0.15, 0.2) is 5.16 Å². The van der Waals surface area contributed by atoms with Gasteiger partial charge in [-0.1, -0.05) is 32.0 Å². The fraction of sp³-hybridized carbons (Fsp3) is 0.619. The number of fused-ring (bicyclic) bond motifs is 1. The standard InChI is InChI=1S/C21H32N4O3S2/c1-4-16(5-2)22-20(26)15-29-21-23-18-14-17(10-11-19(18)25(21)6-3)30(27,28)24-12-8-7-9-13-24/h10-11,14,16H,4-9,12-13,15H2,1-3H3,(H,22,26). The summed E-state index contributed by atoms with van der Waals surface area (Å²) in [5.41, 5.74) is 1.54. The summed E-state index contributed by atoms with van der Waals surface area (Å²) in [4.78, 5) is 17.2. The van der Waals surface area contributed by atoms with E-state index in [1.54, 1.807) is 16.4 Å². The van der Waals surface area contributed by atoms with Crippen molar-refractivity contribution in [2.45, 2.75) is 75.5 Å². The van der Waals surface area contributed by atoms with Gasteiger partial charge in [-0.3, -0.25) is 4.79 Å². The zero-order chi connectivity index (χ0) is 21.7. The van der Waals surface area contributed by atoms with Gasteiger partial charge in [0, 0.05) is 25.7 Å². The summed E-state index contributed by atoms with van der Waals surface area (Å²) in [6.07, 6.45) is 4.72. The molecule has 1 aliphatic rings. The highest BCUT2D eigenvalue weighted by Crippen LogP contribution is 2.28. The summed E-state index contributed by atoms with van der Waals surface area (Å²) < 4.78 is 29.6. The highest BCUT2D eigenvalue weighted by Gasteiger charge is 2.26. The first-order valence-electron chi connectivity index (χ1n) is 10.8. The molecule has 0 unspecified atom stereocenters. The van der Waals surface area contributed by atoms with Crippen LogP contribution in [0.15, 0.2) is 28.3 Å². The molecule has 0 spiro atoms. The topological polar surface area (TPSA) is 84.3 Å². The number of hydrogen-bond acceptors (Lipinski definition) is 5. The van der Waals surface area contributed by atoms with E-state index in [1.165, 1.54) is 11.8 Å². The molecule has 166 valence electrons. The lowest BCUT2D eigenvalue weighted by molar-refractivity contribution is -0.119. The molecule has 0 radical (unpaired) electrons. The average molecular weight is 453 g/mol. The van der Waals surface area contributed by atoms with Gasteiger partial charge in [-0.2, -0.15) is 4.31 Å². The number of carbonyl (C=O) groups excluding carboxylic acids is 1. The van der Waals surface area contributed by atoms with E-state index in [4.69, 9.17) is 0 Å². The van der Waals surface area contributed by atoms with Crippen molar-refractivity contribution in [1.82, 2.24) is 19.2 Å². The number of rotatable bonds is 9. The predicted molar refractivity (Wildman–Crippen MR) is 121 cm³/mol. The third kappa shape index (κ3) is 5.00. The molecule has 1 saturated heterocycles. The summed E-state index contributed by atoms with van der Waals surface area (Å²) in [7, 11) is -3.50. The van der Waals surface area contributed by atoms with Crippen molar-refractivity contribution in [3.8, 4) is 0 Å². The van der Waals surface area contributed by atoms with E-state index in [0.717, 1.165) is 42.8 Å². The molecule has 1 aromatic heterocycles. The molecule has 0 aliphatic carbocycles. The lowest BCUT2D eigenvalue weighted by atomic mass is 10.2. The molecule has 1 aromatic carbocycles. The van der Waals surface area contributed by atoms with Gasteiger partial charge in [0.25, 0.3) is 0 Å². The number of benzene rings is 1. The van der Waals surface area contributed by atoms with Gasteiger partial charge in [-0.25, -0.2) is 13.4 Å². The van der Waals surface area contributed by atoms with Crippen LogP contribution in [0.4, 0.5) is 0 Å². The van der Waals surface area contributed by atoms with Crippen LogP contribution in [-0.2, 0) is 21.4 Å². The third-order valence-electron chi connectivity index (χ3n) is 5.64. The molecule has 0 saturated carbocycles. The van der Waals surface area contributed by atoms with Gasteiger partial charge in [-0.05, 0) is 50.8 Å². The molecule has 1 aliphatic heterocycles. The fourth-order valence-corrected chi connectivity index (χ4v) is 6.24. The Labute approximate surface area is 183 Å². The maximum atomic E-state index is 13.0. The second-order valence-corrected chi connectivity index (χ2v) is 10.5. The minimum Gasteiger partial charge on any atom is -0.353 e. The predicted octanol–water partition coefficient (Wildman–Crippen LogP) is 3.63. The Morgan fingerprint density at radius 1 is 1.17 bits per heavy atom. The van der Waals surface area contributed by atoms with Gasteiger partial charge >= 0.3 is 0 Å².